The summed E-state index contributed by atoms with van der Waals surface area (Å²) in [6.45, 7) is 2.07. The number of carboxylic acid groups (broad SMARTS) is 1. The molecule has 0 aliphatic heterocycles. The molecule has 0 radical (unpaired) electrons. The van der Waals surface area contributed by atoms with Crippen molar-refractivity contribution >= 4 is 17.3 Å². The minimum absolute atomic E-state index is 0.248. The zero-order chi connectivity index (χ0) is 10.9. The highest BCUT2D eigenvalue weighted by Crippen LogP contribution is 2.44. The van der Waals surface area contributed by atoms with E-state index in [-0.39, 0.29) is 5.92 Å². The number of rotatable bonds is 2. The molecular weight excluding hydrogens is 208 g/mol. The third kappa shape index (κ3) is 1.59. The summed E-state index contributed by atoms with van der Waals surface area (Å²) in [6, 6.07) is 1.97. The van der Waals surface area contributed by atoms with Gasteiger partial charge in [-0.25, -0.2) is 0 Å². The molecule has 2 rings (SSSR count). The molecule has 1 aromatic heterocycles. The first-order valence-electron chi connectivity index (χ1n) is 5.44. The highest BCUT2D eigenvalue weighted by atomic mass is 32.1. The van der Waals surface area contributed by atoms with Crippen LogP contribution in [-0.4, -0.2) is 11.1 Å². The summed E-state index contributed by atoms with van der Waals surface area (Å²) in [4.78, 5) is 11.6. The lowest BCUT2D eigenvalue weighted by molar-refractivity contribution is -0.147. The molecule has 0 bridgehead atoms. The minimum atomic E-state index is -0.645. The maximum Gasteiger partial charge on any atom is 0.314 e. The van der Waals surface area contributed by atoms with E-state index in [0.29, 0.717) is 0 Å². The summed E-state index contributed by atoms with van der Waals surface area (Å²) in [6.07, 6.45) is 4.02. The van der Waals surface area contributed by atoms with Crippen LogP contribution in [0, 0.1) is 5.92 Å². The Labute approximate surface area is 93.9 Å². The van der Waals surface area contributed by atoms with E-state index in [2.05, 4.69) is 6.92 Å². The van der Waals surface area contributed by atoms with E-state index in [1.54, 1.807) is 11.3 Å². The highest BCUT2D eigenvalue weighted by molar-refractivity contribution is 7.08. The topological polar surface area (TPSA) is 37.3 Å². The average molecular weight is 224 g/mol. The van der Waals surface area contributed by atoms with Gasteiger partial charge in [0.05, 0.1) is 5.41 Å². The van der Waals surface area contributed by atoms with Crippen molar-refractivity contribution in [2.24, 2.45) is 5.92 Å². The van der Waals surface area contributed by atoms with Gasteiger partial charge in [0.2, 0.25) is 0 Å². The van der Waals surface area contributed by atoms with Crippen LogP contribution in [0.25, 0.3) is 0 Å². The van der Waals surface area contributed by atoms with Crippen LogP contribution in [0.4, 0.5) is 0 Å². The molecule has 15 heavy (non-hydrogen) atoms. The summed E-state index contributed by atoms with van der Waals surface area (Å²) in [7, 11) is 0. The van der Waals surface area contributed by atoms with Crippen molar-refractivity contribution in [2.45, 2.75) is 38.0 Å². The second kappa shape index (κ2) is 3.97. The molecule has 1 fully saturated rings. The number of carbonyl (C=O) groups is 1. The van der Waals surface area contributed by atoms with Crippen LogP contribution in [0.1, 0.15) is 38.2 Å². The quantitative estimate of drug-likeness (QED) is 0.837. The Morgan fingerprint density at radius 2 is 2.40 bits per heavy atom. The number of hydrogen-bond donors (Lipinski definition) is 1. The molecule has 1 aliphatic carbocycles. The molecule has 0 aromatic carbocycles. The highest BCUT2D eigenvalue weighted by Gasteiger charge is 2.46. The second-order valence-electron chi connectivity index (χ2n) is 4.44. The normalized spacial score (nSPS) is 31.4. The molecule has 0 saturated heterocycles. The van der Waals surface area contributed by atoms with Crippen LogP contribution in [-0.2, 0) is 10.2 Å². The molecule has 0 spiro atoms. The fourth-order valence-corrected chi connectivity index (χ4v) is 3.47. The molecule has 0 amide bonds. The van der Waals surface area contributed by atoms with Crippen molar-refractivity contribution in [1.82, 2.24) is 0 Å². The Morgan fingerprint density at radius 3 is 2.93 bits per heavy atom. The van der Waals surface area contributed by atoms with Crippen LogP contribution in [0.15, 0.2) is 16.8 Å². The Kier molecular flexibility index (Phi) is 2.83. The molecule has 1 heterocycles. The van der Waals surface area contributed by atoms with Gasteiger partial charge in [-0.05, 0) is 41.1 Å². The lowest BCUT2D eigenvalue weighted by Crippen LogP contribution is -2.43. The molecule has 3 heteroatoms. The summed E-state index contributed by atoms with van der Waals surface area (Å²) in [5.41, 5.74) is 0.394. The zero-order valence-corrected chi connectivity index (χ0v) is 9.72. The predicted octanol–water partition coefficient (Wildman–Crippen LogP) is 3.28. The van der Waals surface area contributed by atoms with Crippen molar-refractivity contribution in [3.8, 4) is 0 Å². The molecule has 1 aromatic rings. The van der Waals surface area contributed by atoms with E-state index >= 15 is 0 Å². The number of thiophene rings is 1. The van der Waals surface area contributed by atoms with Gasteiger partial charge in [0.1, 0.15) is 0 Å². The first-order valence-corrected chi connectivity index (χ1v) is 6.38. The van der Waals surface area contributed by atoms with Crippen LogP contribution >= 0.6 is 11.3 Å². The second-order valence-corrected chi connectivity index (χ2v) is 5.22. The average Bonchev–Trinajstić information content (AvgIpc) is 2.71. The predicted molar refractivity (Wildman–Crippen MR) is 61.3 cm³/mol. The Balaban J connectivity index is 2.43. The third-order valence-electron chi connectivity index (χ3n) is 3.72. The fraction of sp³-hybridized carbons (Fsp3) is 0.583. The summed E-state index contributed by atoms with van der Waals surface area (Å²) < 4.78 is 0. The fourth-order valence-electron chi connectivity index (χ4n) is 2.74. The first kappa shape index (κ1) is 10.7. The number of aliphatic carboxylic acids is 1. The Hall–Kier alpha value is -0.830. The monoisotopic (exact) mass is 224 g/mol. The van der Waals surface area contributed by atoms with Crippen LogP contribution in [0.3, 0.4) is 0 Å². The molecule has 1 aliphatic rings. The van der Waals surface area contributed by atoms with E-state index in [4.69, 9.17) is 0 Å². The summed E-state index contributed by atoms with van der Waals surface area (Å²) in [5, 5.41) is 13.5. The standard InChI is InChI=1S/C12H16O2S/c1-9-4-2-3-6-12(9,11(13)14)10-5-7-15-8-10/h5,7-9H,2-4,6H2,1H3,(H,13,14). The van der Waals surface area contributed by atoms with Crippen LogP contribution in [0.2, 0.25) is 0 Å². The molecule has 2 atom stereocenters. The van der Waals surface area contributed by atoms with Gasteiger partial charge < -0.3 is 5.11 Å². The third-order valence-corrected chi connectivity index (χ3v) is 4.40. The van der Waals surface area contributed by atoms with Gasteiger partial charge in [0.25, 0.3) is 0 Å². The van der Waals surface area contributed by atoms with Crippen molar-refractivity contribution < 1.29 is 9.90 Å². The largest absolute Gasteiger partial charge is 0.481 e. The Morgan fingerprint density at radius 1 is 1.60 bits per heavy atom. The first-order chi connectivity index (χ1) is 7.18. The summed E-state index contributed by atoms with van der Waals surface area (Å²) in [5.74, 6) is -0.397. The van der Waals surface area contributed by atoms with Gasteiger partial charge in [0.15, 0.2) is 0 Å². The molecule has 1 N–H and O–H groups in total. The van der Waals surface area contributed by atoms with Gasteiger partial charge in [-0.3, -0.25) is 4.79 Å². The van der Waals surface area contributed by atoms with E-state index < -0.39 is 11.4 Å². The lowest BCUT2D eigenvalue weighted by atomic mass is 9.64. The molecule has 2 nitrogen and oxygen atoms in total. The lowest BCUT2D eigenvalue weighted by Gasteiger charge is -2.38. The SMILES string of the molecule is CC1CCCCC1(C(=O)O)c1ccsc1. The molecule has 2 unspecified atom stereocenters. The van der Waals surface area contributed by atoms with E-state index in [0.717, 1.165) is 24.8 Å². The minimum Gasteiger partial charge on any atom is -0.481 e. The van der Waals surface area contributed by atoms with E-state index in [9.17, 15) is 9.90 Å². The van der Waals surface area contributed by atoms with Crippen molar-refractivity contribution in [3.63, 3.8) is 0 Å². The van der Waals surface area contributed by atoms with Gasteiger partial charge in [-0.2, -0.15) is 11.3 Å². The van der Waals surface area contributed by atoms with Crippen molar-refractivity contribution in [1.29, 1.82) is 0 Å². The zero-order valence-electron chi connectivity index (χ0n) is 8.90. The van der Waals surface area contributed by atoms with Crippen molar-refractivity contribution in [3.05, 3.63) is 22.4 Å². The maximum atomic E-state index is 11.6. The maximum absolute atomic E-state index is 11.6. The van der Waals surface area contributed by atoms with Gasteiger partial charge in [-0.1, -0.05) is 19.8 Å². The van der Waals surface area contributed by atoms with Gasteiger partial charge in [0, 0.05) is 0 Å². The van der Waals surface area contributed by atoms with Gasteiger partial charge >= 0.3 is 5.97 Å². The molecule has 82 valence electrons. The van der Waals surface area contributed by atoms with Gasteiger partial charge in [-0.15, -0.1) is 0 Å². The van der Waals surface area contributed by atoms with Crippen molar-refractivity contribution in [2.75, 3.05) is 0 Å². The summed E-state index contributed by atoms with van der Waals surface area (Å²) >= 11 is 1.59. The number of hydrogen-bond acceptors (Lipinski definition) is 2. The number of carboxylic acids is 1. The smallest absolute Gasteiger partial charge is 0.314 e. The van der Waals surface area contributed by atoms with E-state index in [1.165, 1.54) is 6.42 Å². The Bertz CT molecular complexity index is 345. The van der Waals surface area contributed by atoms with E-state index in [1.807, 2.05) is 16.8 Å². The van der Waals surface area contributed by atoms with Crippen LogP contribution in [0.5, 0.6) is 0 Å². The molecule has 1 saturated carbocycles. The molecular formula is C12H16O2S. The van der Waals surface area contributed by atoms with Crippen LogP contribution < -0.4 is 0 Å².